The number of hydrogen-bond donors (Lipinski definition) is 1. The van der Waals surface area contributed by atoms with Gasteiger partial charge in [0.1, 0.15) is 5.82 Å². The van der Waals surface area contributed by atoms with Crippen LogP contribution in [0.4, 0.5) is 4.39 Å². The minimum absolute atomic E-state index is 0.176. The Morgan fingerprint density at radius 1 is 1.19 bits per heavy atom. The molecule has 0 bridgehead atoms. The van der Waals surface area contributed by atoms with Crippen molar-refractivity contribution in [3.8, 4) is 11.5 Å². The third kappa shape index (κ3) is 4.19. The number of nitrogens with one attached hydrogen (secondary N) is 1. The van der Waals surface area contributed by atoms with Crippen LogP contribution in [-0.2, 0) is 4.79 Å². The number of ether oxygens (including phenoxy) is 2. The Kier molecular flexibility index (Phi) is 5.83. The Bertz CT molecular complexity index is 838. The molecule has 0 aliphatic carbocycles. The molecule has 3 rings (SSSR count). The van der Waals surface area contributed by atoms with Gasteiger partial charge in [-0.15, -0.1) is 11.8 Å². The zero-order valence-corrected chi connectivity index (χ0v) is 15.4. The molecule has 0 spiro atoms. The number of thioether (sulfide) groups is 1. The molecule has 1 amide bonds. The highest BCUT2D eigenvalue weighted by Gasteiger charge is 2.22. The summed E-state index contributed by atoms with van der Waals surface area (Å²) < 4.78 is 24.0. The van der Waals surface area contributed by atoms with Gasteiger partial charge in [0, 0.05) is 16.7 Å². The largest absolute Gasteiger partial charge is 0.493 e. The Balaban J connectivity index is 1.70. The van der Waals surface area contributed by atoms with Crippen LogP contribution in [0.25, 0.3) is 6.08 Å². The van der Waals surface area contributed by atoms with Crippen LogP contribution in [0.2, 0.25) is 0 Å². The first-order valence-corrected chi connectivity index (χ1v) is 9.22. The number of benzene rings is 2. The summed E-state index contributed by atoms with van der Waals surface area (Å²) in [6.07, 6.45) is 3.96. The smallest absolute Gasteiger partial charge is 0.244 e. The molecule has 26 heavy (non-hydrogen) atoms. The Morgan fingerprint density at radius 3 is 2.77 bits per heavy atom. The lowest BCUT2D eigenvalue weighted by Gasteiger charge is -2.25. The summed E-state index contributed by atoms with van der Waals surface area (Å²) in [6.45, 7) is 0. The van der Waals surface area contributed by atoms with Gasteiger partial charge in [0.2, 0.25) is 5.91 Å². The standard InChI is InChI=1S/C20H20FNO3S/c1-24-17-6-3-13(11-18(17)25-2)4-8-20(23)22-16-9-10-26-19-7-5-14(21)12-15(16)19/h3-8,11-12,16H,9-10H2,1-2H3,(H,22,23)/b8-4+. The molecule has 1 aliphatic heterocycles. The van der Waals surface area contributed by atoms with E-state index in [2.05, 4.69) is 5.32 Å². The van der Waals surface area contributed by atoms with Crippen LogP contribution in [0.15, 0.2) is 47.4 Å². The fourth-order valence-corrected chi connectivity index (χ4v) is 3.97. The molecule has 4 nitrogen and oxygen atoms in total. The van der Waals surface area contributed by atoms with E-state index in [0.717, 1.165) is 28.2 Å². The molecule has 0 fully saturated rings. The SMILES string of the molecule is COc1ccc(/C=C/C(=O)NC2CCSc3ccc(F)cc32)cc1OC. The first-order valence-electron chi connectivity index (χ1n) is 8.23. The molecule has 1 N–H and O–H groups in total. The van der Waals surface area contributed by atoms with Gasteiger partial charge in [-0.2, -0.15) is 0 Å². The van der Waals surface area contributed by atoms with E-state index in [4.69, 9.17) is 9.47 Å². The predicted molar refractivity (Wildman–Crippen MR) is 101 cm³/mol. The van der Waals surface area contributed by atoms with Gasteiger partial charge >= 0.3 is 0 Å². The second kappa shape index (κ2) is 8.27. The molecule has 1 aliphatic rings. The second-order valence-corrected chi connectivity index (χ2v) is 6.96. The van der Waals surface area contributed by atoms with Gasteiger partial charge in [-0.3, -0.25) is 4.79 Å². The van der Waals surface area contributed by atoms with Crippen LogP contribution >= 0.6 is 11.8 Å². The average molecular weight is 373 g/mol. The molecular weight excluding hydrogens is 353 g/mol. The Labute approximate surface area is 156 Å². The van der Waals surface area contributed by atoms with E-state index in [1.54, 1.807) is 50.3 Å². The normalized spacial score (nSPS) is 16.2. The third-order valence-electron chi connectivity index (χ3n) is 4.16. The van der Waals surface area contributed by atoms with Gasteiger partial charge in [0.15, 0.2) is 11.5 Å². The van der Waals surface area contributed by atoms with Gasteiger partial charge in [0.05, 0.1) is 20.3 Å². The molecule has 0 saturated heterocycles. The van der Waals surface area contributed by atoms with Crippen LogP contribution in [-0.4, -0.2) is 25.9 Å². The van der Waals surface area contributed by atoms with Crippen molar-refractivity contribution in [2.45, 2.75) is 17.4 Å². The van der Waals surface area contributed by atoms with Crippen molar-refractivity contribution in [2.75, 3.05) is 20.0 Å². The highest BCUT2D eigenvalue weighted by molar-refractivity contribution is 7.99. The van der Waals surface area contributed by atoms with E-state index < -0.39 is 0 Å². The van der Waals surface area contributed by atoms with Crippen LogP contribution < -0.4 is 14.8 Å². The summed E-state index contributed by atoms with van der Waals surface area (Å²) in [6, 6.07) is 9.97. The first kappa shape index (κ1) is 18.3. The topological polar surface area (TPSA) is 47.6 Å². The minimum Gasteiger partial charge on any atom is -0.493 e. The number of methoxy groups -OCH3 is 2. The van der Waals surface area contributed by atoms with Crippen molar-refractivity contribution in [3.63, 3.8) is 0 Å². The van der Waals surface area contributed by atoms with E-state index in [-0.39, 0.29) is 17.8 Å². The third-order valence-corrected chi connectivity index (χ3v) is 5.29. The van der Waals surface area contributed by atoms with Crippen molar-refractivity contribution in [2.24, 2.45) is 0 Å². The summed E-state index contributed by atoms with van der Waals surface area (Å²) in [5.41, 5.74) is 1.66. The molecule has 0 radical (unpaired) electrons. The Hall–Kier alpha value is -2.47. The lowest BCUT2D eigenvalue weighted by atomic mass is 10.0. The van der Waals surface area contributed by atoms with Gasteiger partial charge in [-0.1, -0.05) is 6.07 Å². The van der Waals surface area contributed by atoms with Crippen molar-refractivity contribution < 1.29 is 18.7 Å². The maximum Gasteiger partial charge on any atom is 0.244 e. The van der Waals surface area contributed by atoms with E-state index in [9.17, 15) is 9.18 Å². The first-order chi connectivity index (χ1) is 12.6. The summed E-state index contributed by atoms with van der Waals surface area (Å²) in [5, 5.41) is 2.96. The highest BCUT2D eigenvalue weighted by Crippen LogP contribution is 2.36. The number of hydrogen-bond acceptors (Lipinski definition) is 4. The maximum atomic E-state index is 13.5. The molecule has 0 saturated carbocycles. The summed E-state index contributed by atoms with van der Waals surface area (Å²) in [7, 11) is 3.14. The number of halogens is 1. The van der Waals surface area contributed by atoms with Crippen LogP contribution in [0, 0.1) is 5.82 Å². The van der Waals surface area contributed by atoms with Crippen LogP contribution in [0.3, 0.4) is 0 Å². The lowest BCUT2D eigenvalue weighted by Crippen LogP contribution is -2.29. The number of carbonyl (C=O) groups excluding carboxylic acids is 1. The Morgan fingerprint density at radius 2 is 2.00 bits per heavy atom. The van der Waals surface area contributed by atoms with Crippen LogP contribution in [0.1, 0.15) is 23.6 Å². The van der Waals surface area contributed by atoms with Gasteiger partial charge in [-0.05, 0) is 54.0 Å². The quantitative estimate of drug-likeness (QED) is 0.798. The fourth-order valence-electron chi connectivity index (χ4n) is 2.86. The van der Waals surface area contributed by atoms with Crippen molar-refractivity contribution >= 4 is 23.7 Å². The number of amides is 1. The summed E-state index contributed by atoms with van der Waals surface area (Å²) in [4.78, 5) is 13.3. The molecule has 1 atom stereocenters. The summed E-state index contributed by atoms with van der Waals surface area (Å²) in [5.74, 6) is 1.62. The van der Waals surface area contributed by atoms with E-state index >= 15 is 0 Å². The fraction of sp³-hybridized carbons (Fsp3) is 0.250. The molecule has 1 heterocycles. The van der Waals surface area contributed by atoms with Crippen LogP contribution in [0.5, 0.6) is 11.5 Å². The van der Waals surface area contributed by atoms with Crippen molar-refractivity contribution in [1.29, 1.82) is 0 Å². The molecule has 136 valence electrons. The van der Waals surface area contributed by atoms with E-state index in [1.165, 1.54) is 18.2 Å². The molecule has 2 aromatic rings. The molecular formula is C20H20FNO3S. The van der Waals surface area contributed by atoms with Gasteiger partial charge < -0.3 is 14.8 Å². The van der Waals surface area contributed by atoms with E-state index in [0.29, 0.717) is 11.5 Å². The highest BCUT2D eigenvalue weighted by atomic mass is 32.2. The number of fused-ring (bicyclic) bond motifs is 1. The van der Waals surface area contributed by atoms with E-state index in [1.807, 2.05) is 6.07 Å². The zero-order chi connectivity index (χ0) is 18.5. The minimum atomic E-state index is -0.286. The lowest BCUT2D eigenvalue weighted by molar-refractivity contribution is -0.117. The maximum absolute atomic E-state index is 13.5. The average Bonchev–Trinajstić information content (AvgIpc) is 2.66. The molecule has 2 aromatic carbocycles. The summed E-state index contributed by atoms with van der Waals surface area (Å²) >= 11 is 1.68. The second-order valence-electron chi connectivity index (χ2n) is 5.83. The molecule has 0 aromatic heterocycles. The predicted octanol–water partition coefficient (Wildman–Crippen LogP) is 4.21. The zero-order valence-electron chi connectivity index (χ0n) is 14.6. The monoisotopic (exact) mass is 373 g/mol. The molecule has 1 unspecified atom stereocenters. The van der Waals surface area contributed by atoms with Crippen molar-refractivity contribution in [3.05, 3.63) is 59.4 Å². The number of rotatable bonds is 5. The van der Waals surface area contributed by atoms with Crippen molar-refractivity contribution in [1.82, 2.24) is 5.32 Å². The molecule has 6 heteroatoms. The van der Waals surface area contributed by atoms with Gasteiger partial charge in [0.25, 0.3) is 0 Å². The van der Waals surface area contributed by atoms with Gasteiger partial charge in [-0.25, -0.2) is 4.39 Å². The number of carbonyl (C=O) groups is 1.